The minimum atomic E-state index is 0.628. The lowest BCUT2D eigenvalue weighted by Crippen LogP contribution is -2.05. The van der Waals surface area contributed by atoms with Crippen LogP contribution in [0.5, 0.6) is 0 Å². The van der Waals surface area contributed by atoms with Crippen LogP contribution >= 0.6 is 11.8 Å². The van der Waals surface area contributed by atoms with Gasteiger partial charge in [0.15, 0.2) is 0 Å². The second-order valence-electron chi connectivity index (χ2n) is 2.48. The fourth-order valence-electron chi connectivity index (χ4n) is 0.437. The second-order valence-corrected chi connectivity index (χ2v) is 3.91. The largest absolute Gasteiger partial charge is 0.327 e. The van der Waals surface area contributed by atoms with Gasteiger partial charge in [-0.25, -0.2) is 0 Å². The minimum Gasteiger partial charge on any atom is -0.327 e. The quantitative estimate of drug-likeness (QED) is 0.621. The van der Waals surface area contributed by atoms with Gasteiger partial charge in [0, 0.05) is 17.5 Å². The molecule has 1 atom stereocenters. The lowest BCUT2D eigenvalue weighted by atomic mass is 10.4. The normalized spacial score (nSPS) is 13.1. The summed E-state index contributed by atoms with van der Waals surface area (Å²) >= 11 is 1.93. The summed E-state index contributed by atoms with van der Waals surface area (Å²) in [5.41, 5.74) is 6.53. The molecule has 0 spiro atoms. The van der Waals surface area contributed by atoms with Crippen LogP contribution in [0.2, 0.25) is 0 Å². The molecule has 1 unspecified atom stereocenters. The van der Waals surface area contributed by atoms with E-state index in [4.69, 9.17) is 5.73 Å². The summed E-state index contributed by atoms with van der Waals surface area (Å²) in [6.07, 6.45) is 1.22. The molecule has 2 heteroatoms. The van der Waals surface area contributed by atoms with E-state index in [1.807, 2.05) is 11.8 Å². The molecule has 0 aromatic carbocycles. The van der Waals surface area contributed by atoms with Crippen molar-refractivity contribution < 1.29 is 0 Å². The summed E-state index contributed by atoms with van der Waals surface area (Å²) in [6, 6.07) is 0. The van der Waals surface area contributed by atoms with E-state index in [-0.39, 0.29) is 0 Å². The van der Waals surface area contributed by atoms with E-state index in [1.165, 1.54) is 6.42 Å². The highest BCUT2D eigenvalue weighted by Gasteiger charge is 1.98. The number of thioether (sulfide) groups is 1. The summed E-state index contributed by atoms with van der Waals surface area (Å²) in [6.45, 7) is 8.89. The maximum Gasteiger partial charge on any atom is 0.0155 e. The molecule has 0 bridgehead atoms. The summed E-state index contributed by atoms with van der Waals surface area (Å²) < 4.78 is 0. The van der Waals surface area contributed by atoms with E-state index in [9.17, 15) is 0 Å². The van der Waals surface area contributed by atoms with E-state index in [0.717, 1.165) is 16.6 Å². The number of hydrogen-bond acceptors (Lipinski definition) is 2. The molecule has 0 radical (unpaired) electrons. The highest BCUT2D eigenvalue weighted by Crippen LogP contribution is 2.15. The fourth-order valence-corrected chi connectivity index (χ4v) is 1.31. The fraction of sp³-hybridized carbons (Fsp3) is 0.750. The van der Waals surface area contributed by atoms with Crippen molar-refractivity contribution in [2.45, 2.75) is 25.5 Å². The Morgan fingerprint density at radius 2 is 2.30 bits per heavy atom. The standard InChI is InChI=1S/C8H17NS/c1-4-8(3)10-6-7(2)5-9/h8H,2,4-6,9H2,1,3H3. The van der Waals surface area contributed by atoms with Gasteiger partial charge in [0.25, 0.3) is 0 Å². The van der Waals surface area contributed by atoms with E-state index in [2.05, 4.69) is 20.4 Å². The van der Waals surface area contributed by atoms with Crippen LogP contribution in [-0.2, 0) is 0 Å². The first-order valence-corrected chi connectivity index (χ1v) is 4.73. The molecule has 0 aliphatic carbocycles. The average molecular weight is 159 g/mol. The predicted octanol–water partition coefficient (Wildman–Crippen LogP) is 2.03. The van der Waals surface area contributed by atoms with Crippen molar-refractivity contribution >= 4 is 11.8 Å². The molecule has 0 rings (SSSR count). The van der Waals surface area contributed by atoms with Crippen molar-refractivity contribution in [2.24, 2.45) is 5.73 Å². The molecule has 0 saturated heterocycles. The zero-order valence-corrected chi connectivity index (χ0v) is 7.71. The van der Waals surface area contributed by atoms with Crippen LogP contribution in [0.25, 0.3) is 0 Å². The monoisotopic (exact) mass is 159 g/mol. The number of nitrogens with two attached hydrogens (primary N) is 1. The molecule has 0 saturated carbocycles. The van der Waals surface area contributed by atoms with Gasteiger partial charge in [0.1, 0.15) is 0 Å². The van der Waals surface area contributed by atoms with E-state index >= 15 is 0 Å². The zero-order valence-electron chi connectivity index (χ0n) is 6.89. The van der Waals surface area contributed by atoms with Crippen LogP contribution in [0.15, 0.2) is 12.2 Å². The molecular weight excluding hydrogens is 142 g/mol. The highest BCUT2D eigenvalue weighted by molar-refractivity contribution is 8.00. The van der Waals surface area contributed by atoms with Gasteiger partial charge < -0.3 is 5.73 Å². The van der Waals surface area contributed by atoms with Crippen molar-refractivity contribution in [1.82, 2.24) is 0 Å². The van der Waals surface area contributed by atoms with Crippen molar-refractivity contribution in [2.75, 3.05) is 12.3 Å². The molecule has 0 fully saturated rings. The Morgan fingerprint density at radius 3 is 2.70 bits per heavy atom. The third kappa shape index (κ3) is 4.89. The molecule has 0 heterocycles. The third-order valence-electron chi connectivity index (χ3n) is 1.44. The van der Waals surface area contributed by atoms with Gasteiger partial charge in [-0.2, -0.15) is 11.8 Å². The van der Waals surface area contributed by atoms with Crippen molar-refractivity contribution in [3.63, 3.8) is 0 Å². The van der Waals surface area contributed by atoms with Crippen molar-refractivity contribution in [3.8, 4) is 0 Å². The molecular formula is C8H17NS. The first-order valence-electron chi connectivity index (χ1n) is 3.69. The molecule has 0 aromatic heterocycles. The molecule has 60 valence electrons. The third-order valence-corrected chi connectivity index (χ3v) is 2.91. The van der Waals surface area contributed by atoms with Crippen LogP contribution in [0.4, 0.5) is 0 Å². The van der Waals surface area contributed by atoms with Crippen LogP contribution in [0.1, 0.15) is 20.3 Å². The summed E-state index contributed by atoms with van der Waals surface area (Å²) in [4.78, 5) is 0. The Kier molecular flexibility index (Phi) is 5.84. The maximum absolute atomic E-state index is 5.39. The number of hydrogen-bond donors (Lipinski definition) is 1. The molecule has 0 amide bonds. The second kappa shape index (κ2) is 5.81. The SMILES string of the molecule is C=C(CN)CSC(C)CC. The molecule has 0 aromatic rings. The molecule has 10 heavy (non-hydrogen) atoms. The van der Waals surface area contributed by atoms with Gasteiger partial charge in [0.05, 0.1) is 0 Å². The highest BCUT2D eigenvalue weighted by atomic mass is 32.2. The first kappa shape index (κ1) is 10.0. The van der Waals surface area contributed by atoms with E-state index < -0.39 is 0 Å². The van der Waals surface area contributed by atoms with Crippen molar-refractivity contribution in [3.05, 3.63) is 12.2 Å². The minimum absolute atomic E-state index is 0.628. The summed E-state index contributed by atoms with van der Waals surface area (Å²) in [5.74, 6) is 1.02. The summed E-state index contributed by atoms with van der Waals surface area (Å²) in [7, 11) is 0. The Bertz CT molecular complexity index is 101. The van der Waals surface area contributed by atoms with Gasteiger partial charge in [-0.1, -0.05) is 26.0 Å². The Labute approximate surface area is 68.1 Å². The average Bonchev–Trinajstić information content (AvgIpc) is 1.99. The van der Waals surface area contributed by atoms with Gasteiger partial charge in [-0.15, -0.1) is 0 Å². The van der Waals surface area contributed by atoms with Gasteiger partial charge in [0.2, 0.25) is 0 Å². The molecule has 0 aliphatic heterocycles. The lowest BCUT2D eigenvalue weighted by Gasteiger charge is -2.07. The Morgan fingerprint density at radius 1 is 1.70 bits per heavy atom. The van der Waals surface area contributed by atoms with Crippen molar-refractivity contribution in [1.29, 1.82) is 0 Å². The van der Waals surface area contributed by atoms with Crippen LogP contribution in [0.3, 0.4) is 0 Å². The van der Waals surface area contributed by atoms with Gasteiger partial charge in [-0.05, 0) is 6.42 Å². The van der Waals surface area contributed by atoms with Crippen LogP contribution in [-0.4, -0.2) is 17.5 Å². The summed E-state index contributed by atoms with van der Waals surface area (Å²) in [5, 5.41) is 0.739. The number of rotatable bonds is 5. The van der Waals surface area contributed by atoms with Crippen LogP contribution < -0.4 is 5.73 Å². The smallest absolute Gasteiger partial charge is 0.0155 e. The Hall–Kier alpha value is 0.0500. The topological polar surface area (TPSA) is 26.0 Å². The zero-order chi connectivity index (χ0) is 7.98. The Balaban J connectivity index is 3.26. The van der Waals surface area contributed by atoms with E-state index in [0.29, 0.717) is 6.54 Å². The predicted molar refractivity (Wildman–Crippen MR) is 50.4 cm³/mol. The molecule has 1 nitrogen and oxygen atoms in total. The first-order chi connectivity index (χ1) is 4.70. The lowest BCUT2D eigenvalue weighted by molar-refractivity contribution is 0.906. The van der Waals surface area contributed by atoms with Crippen LogP contribution in [0, 0.1) is 0 Å². The van der Waals surface area contributed by atoms with Gasteiger partial charge >= 0.3 is 0 Å². The van der Waals surface area contributed by atoms with Gasteiger partial charge in [-0.3, -0.25) is 0 Å². The maximum atomic E-state index is 5.39. The molecule has 0 aliphatic rings. The van der Waals surface area contributed by atoms with E-state index in [1.54, 1.807) is 0 Å². The molecule has 2 N–H and O–H groups in total.